The van der Waals surface area contributed by atoms with Gasteiger partial charge < -0.3 is 24.7 Å². The van der Waals surface area contributed by atoms with Gasteiger partial charge in [-0.15, -0.1) is 0 Å². The van der Waals surface area contributed by atoms with Crippen LogP contribution in [0, 0.1) is 19.8 Å². The Morgan fingerprint density at radius 3 is 2.76 bits per heavy atom. The van der Waals surface area contributed by atoms with Crippen LogP contribution in [0.4, 0.5) is 4.39 Å². The quantitative estimate of drug-likeness (QED) is 0.482. The zero-order valence-electron chi connectivity index (χ0n) is 21.3. The summed E-state index contributed by atoms with van der Waals surface area (Å²) in [7, 11) is 1.43. The smallest absolute Gasteiger partial charge is 0.255 e. The van der Waals surface area contributed by atoms with E-state index in [2.05, 4.69) is 20.3 Å². The van der Waals surface area contributed by atoms with Crippen molar-refractivity contribution in [1.82, 2.24) is 25.2 Å². The normalized spacial score (nSPS) is 19.7. The number of benzene rings is 1. The fourth-order valence-corrected chi connectivity index (χ4v) is 4.80. The first-order chi connectivity index (χ1) is 17.9. The van der Waals surface area contributed by atoms with Gasteiger partial charge in [-0.1, -0.05) is 11.6 Å². The molecule has 2 fully saturated rings. The predicted octanol–water partition coefficient (Wildman–Crippen LogP) is 3.35. The Bertz CT molecular complexity index is 1320. The summed E-state index contributed by atoms with van der Waals surface area (Å²) in [5.41, 5.74) is 4.61. The minimum atomic E-state index is -1.38. The first-order valence-electron chi connectivity index (χ1n) is 12.6. The molecule has 2 amide bonds. The summed E-state index contributed by atoms with van der Waals surface area (Å²) >= 11 is 0. The first-order valence-corrected chi connectivity index (χ1v) is 12.6. The van der Waals surface area contributed by atoms with Crippen LogP contribution in [0.2, 0.25) is 0 Å². The van der Waals surface area contributed by atoms with Gasteiger partial charge in [-0.05, 0) is 51.2 Å². The summed E-state index contributed by atoms with van der Waals surface area (Å²) in [5, 5.41) is 2.83. The average Bonchev–Trinajstić information content (AvgIpc) is 3.64. The maximum atomic E-state index is 14.9. The number of piperidine rings is 1. The first kappa shape index (κ1) is 25.1. The lowest BCUT2D eigenvalue weighted by Crippen LogP contribution is -2.54. The molecule has 3 heterocycles. The van der Waals surface area contributed by atoms with Crippen LogP contribution >= 0.6 is 0 Å². The summed E-state index contributed by atoms with van der Waals surface area (Å²) < 4.78 is 25.9. The van der Waals surface area contributed by atoms with Gasteiger partial charge in [0.15, 0.2) is 0 Å². The number of halogens is 1. The summed E-state index contributed by atoms with van der Waals surface area (Å²) in [6.45, 7) is 4.65. The summed E-state index contributed by atoms with van der Waals surface area (Å²) in [4.78, 5) is 39.0. The van der Waals surface area contributed by atoms with Crippen molar-refractivity contribution in [3.8, 4) is 17.0 Å². The fourth-order valence-electron chi connectivity index (χ4n) is 4.80. The van der Waals surface area contributed by atoms with E-state index in [0.29, 0.717) is 53.5 Å². The lowest BCUT2D eigenvalue weighted by atomic mass is 10.0. The second kappa shape index (κ2) is 10.5. The van der Waals surface area contributed by atoms with Crippen LogP contribution < -0.4 is 10.1 Å². The highest BCUT2D eigenvalue weighted by molar-refractivity contribution is 6.09. The largest absolute Gasteiger partial charge is 0.493 e. The van der Waals surface area contributed by atoms with Gasteiger partial charge in [0, 0.05) is 24.9 Å². The zero-order valence-corrected chi connectivity index (χ0v) is 21.3. The van der Waals surface area contributed by atoms with E-state index in [1.54, 1.807) is 6.92 Å². The molecule has 10 heteroatoms. The third kappa shape index (κ3) is 5.29. The number of H-pyrrole nitrogens is 1. The van der Waals surface area contributed by atoms with Crippen LogP contribution in [0.1, 0.15) is 40.9 Å². The number of rotatable bonds is 8. The number of likely N-dealkylation sites (tertiary alicyclic amines) is 1. The Kier molecular flexibility index (Phi) is 7.10. The SMILES string of the molecule is COCC(=O)N1CC[C@@H](NC(=O)c2c(C)[nH]c3c(-c4cc(C)ccc4OCC4CC4)ncnc23)[C@H](F)C1. The van der Waals surface area contributed by atoms with E-state index < -0.39 is 18.1 Å². The van der Waals surface area contributed by atoms with Crippen molar-refractivity contribution in [3.63, 3.8) is 0 Å². The molecule has 0 radical (unpaired) electrons. The molecule has 2 aromatic heterocycles. The van der Waals surface area contributed by atoms with Gasteiger partial charge in [0.05, 0.1) is 30.3 Å². The minimum Gasteiger partial charge on any atom is -0.493 e. The number of methoxy groups -OCH3 is 1. The summed E-state index contributed by atoms with van der Waals surface area (Å²) in [6.07, 6.45) is 2.75. The highest BCUT2D eigenvalue weighted by Crippen LogP contribution is 2.37. The van der Waals surface area contributed by atoms with Gasteiger partial charge in [0.2, 0.25) is 5.91 Å². The molecule has 2 aliphatic rings. The van der Waals surface area contributed by atoms with E-state index in [-0.39, 0.29) is 19.1 Å². The minimum absolute atomic E-state index is 0.0800. The van der Waals surface area contributed by atoms with Crippen molar-refractivity contribution < 1.29 is 23.5 Å². The number of aromatic nitrogens is 3. The molecule has 2 atom stereocenters. The van der Waals surface area contributed by atoms with Crippen LogP contribution in [0.15, 0.2) is 24.5 Å². The predicted molar refractivity (Wildman–Crippen MR) is 136 cm³/mol. The van der Waals surface area contributed by atoms with Crippen LogP contribution in [0.25, 0.3) is 22.3 Å². The maximum Gasteiger partial charge on any atom is 0.255 e. The Hall–Kier alpha value is -3.53. The molecule has 0 bridgehead atoms. The van der Waals surface area contributed by atoms with E-state index in [1.165, 1.54) is 31.2 Å². The highest BCUT2D eigenvalue weighted by atomic mass is 19.1. The zero-order chi connectivity index (χ0) is 26.1. The Labute approximate surface area is 214 Å². The second-order valence-electron chi connectivity index (χ2n) is 9.98. The van der Waals surface area contributed by atoms with Crippen molar-refractivity contribution in [1.29, 1.82) is 0 Å². The van der Waals surface area contributed by atoms with Gasteiger partial charge in [-0.3, -0.25) is 9.59 Å². The van der Waals surface area contributed by atoms with Crippen molar-refractivity contribution >= 4 is 22.8 Å². The van der Waals surface area contributed by atoms with Crippen LogP contribution in [-0.2, 0) is 9.53 Å². The molecular weight excluding hydrogens is 477 g/mol. The molecule has 5 rings (SSSR count). The number of aromatic amines is 1. The number of hydrogen-bond acceptors (Lipinski definition) is 6. The Morgan fingerprint density at radius 1 is 1.22 bits per heavy atom. The number of nitrogens with one attached hydrogen (secondary N) is 2. The lowest BCUT2D eigenvalue weighted by molar-refractivity contribution is -0.137. The number of hydrogen-bond donors (Lipinski definition) is 2. The van der Waals surface area contributed by atoms with Crippen LogP contribution in [0.3, 0.4) is 0 Å². The van der Waals surface area contributed by atoms with E-state index >= 15 is 0 Å². The third-order valence-electron chi connectivity index (χ3n) is 7.04. The number of carbonyl (C=O) groups excluding carboxylic acids is 2. The van der Waals surface area contributed by atoms with Crippen molar-refractivity contribution in [2.24, 2.45) is 5.92 Å². The van der Waals surface area contributed by atoms with Gasteiger partial charge in [-0.2, -0.15) is 0 Å². The molecular formula is C27H32FN5O4. The number of carbonyl (C=O) groups is 2. The summed E-state index contributed by atoms with van der Waals surface area (Å²) in [5.74, 6) is 0.674. The Balaban J connectivity index is 1.40. The van der Waals surface area contributed by atoms with Crippen LogP contribution in [0.5, 0.6) is 5.75 Å². The maximum absolute atomic E-state index is 14.9. The highest BCUT2D eigenvalue weighted by Gasteiger charge is 2.33. The molecule has 1 saturated heterocycles. The van der Waals surface area contributed by atoms with Crippen LogP contribution in [-0.4, -0.2) is 77.3 Å². The van der Waals surface area contributed by atoms with E-state index in [9.17, 15) is 14.0 Å². The van der Waals surface area contributed by atoms with Crippen molar-refractivity contribution in [2.45, 2.75) is 45.3 Å². The number of nitrogens with zero attached hydrogens (tertiary/aromatic N) is 3. The Morgan fingerprint density at radius 2 is 2.03 bits per heavy atom. The number of ether oxygens (including phenoxy) is 2. The molecule has 9 nitrogen and oxygen atoms in total. The van der Waals surface area contributed by atoms with Gasteiger partial charge in [-0.25, -0.2) is 14.4 Å². The topological polar surface area (TPSA) is 109 Å². The number of amides is 2. The van der Waals surface area contributed by atoms with Gasteiger partial charge in [0.1, 0.15) is 36.1 Å². The molecule has 0 unspecified atom stereocenters. The second-order valence-corrected chi connectivity index (χ2v) is 9.98. The monoisotopic (exact) mass is 509 g/mol. The molecule has 0 spiro atoms. The van der Waals surface area contributed by atoms with Crippen molar-refractivity contribution in [2.75, 3.05) is 33.4 Å². The molecule has 1 aliphatic heterocycles. The van der Waals surface area contributed by atoms with Gasteiger partial charge >= 0.3 is 0 Å². The fraction of sp³-hybridized carbons (Fsp3) is 0.481. The van der Waals surface area contributed by atoms with E-state index in [1.807, 2.05) is 25.1 Å². The van der Waals surface area contributed by atoms with Crippen molar-refractivity contribution in [3.05, 3.63) is 41.3 Å². The van der Waals surface area contributed by atoms with Gasteiger partial charge in [0.25, 0.3) is 5.91 Å². The summed E-state index contributed by atoms with van der Waals surface area (Å²) in [6, 6.07) is 5.27. The molecule has 3 aromatic rings. The lowest BCUT2D eigenvalue weighted by Gasteiger charge is -2.35. The third-order valence-corrected chi connectivity index (χ3v) is 7.04. The molecule has 1 aromatic carbocycles. The number of alkyl halides is 1. The van der Waals surface area contributed by atoms with E-state index in [4.69, 9.17) is 9.47 Å². The molecule has 37 heavy (non-hydrogen) atoms. The molecule has 2 N–H and O–H groups in total. The standard InChI is InChI=1S/C27H32FN5O4/c1-15-4-7-21(37-12-17-5-6-17)18(10-15)24-26-25(30-14-29-24)23(16(2)31-26)27(35)32-20-8-9-33(11-19(20)28)22(34)13-36-3/h4,7,10,14,17,19-20,31H,5-6,8-9,11-13H2,1-3H3,(H,32,35)/t19-,20-/m1/s1. The molecule has 196 valence electrons. The number of aryl methyl sites for hydroxylation is 2. The molecule has 1 aliphatic carbocycles. The number of fused-ring (bicyclic) bond motifs is 1. The average molecular weight is 510 g/mol. The van der Waals surface area contributed by atoms with E-state index in [0.717, 1.165) is 16.9 Å². The molecule has 1 saturated carbocycles.